The summed E-state index contributed by atoms with van der Waals surface area (Å²) in [5.74, 6) is 0. The van der Waals surface area contributed by atoms with Crippen molar-refractivity contribution < 1.29 is 0 Å². The molecule has 1 aromatic heterocycles. The second kappa shape index (κ2) is 7.53. The Morgan fingerprint density at radius 2 is 1.43 bits per heavy atom. The molecule has 5 rings (SSSR count). The van der Waals surface area contributed by atoms with Crippen molar-refractivity contribution in [3.63, 3.8) is 0 Å². The van der Waals surface area contributed by atoms with Gasteiger partial charge in [-0.25, -0.2) is 0 Å². The summed E-state index contributed by atoms with van der Waals surface area (Å²) in [7, 11) is 0. The van der Waals surface area contributed by atoms with Crippen molar-refractivity contribution in [1.82, 2.24) is 4.57 Å². The van der Waals surface area contributed by atoms with Gasteiger partial charge in [-0.2, -0.15) is 0 Å². The highest BCUT2D eigenvalue weighted by Crippen LogP contribution is 2.26. The normalized spacial score (nSPS) is 12.7. The fourth-order valence-corrected chi connectivity index (χ4v) is 4.31. The number of fused-ring (bicyclic) bond motifs is 2. The summed E-state index contributed by atoms with van der Waals surface area (Å²) < 4.78 is 2.32. The zero-order valence-corrected chi connectivity index (χ0v) is 17.0. The largest absolute Gasteiger partial charge is 0.309 e. The van der Waals surface area contributed by atoms with E-state index in [0.29, 0.717) is 0 Å². The van der Waals surface area contributed by atoms with Crippen LogP contribution >= 0.6 is 0 Å². The maximum atomic E-state index is 3.93. The summed E-state index contributed by atoms with van der Waals surface area (Å²) in [6.45, 7) is 6.02. The molecule has 0 N–H and O–H groups in total. The molecule has 0 unspecified atom stereocenters. The molecule has 144 valence electrons. The molecule has 0 amide bonds. The molecule has 0 aliphatic heterocycles. The summed E-state index contributed by atoms with van der Waals surface area (Å²) in [6.07, 6.45) is 6.13. The smallest absolute Gasteiger partial charge is 0.0540 e. The Hall–Kier alpha value is -3.84. The van der Waals surface area contributed by atoms with Gasteiger partial charge in [0.05, 0.1) is 10.9 Å². The maximum absolute atomic E-state index is 3.93. The molecule has 0 atom stereocenters. The lowest BCUT2D eigenvalue weighted by atomic mass is 10.0. The van der Waals surface area contributed by atoms with Crippen molar-refractivity contribution in [2.24, 2.45) is 0 Å². The van der Waals surface area contributed by atoms with Gasteiger partial charge in [0, 0.05) is 16.3 Å². The molecule has 1 nitrogen and oxygen atoms in total. The predicted molar refractivity (Wildman–Crippen MR) is 130 cm³/mol. The number of para-hydroxylation sites is 1. The van der Waals surface area contributed by atoms with Crippen LogP contribution in [0.3, 0.4) is 0 Å². The van der Waals surface area contributed by atoms with Gasteiger partial charge >= 0.3 is 0 Å². The number of nitrogens with zero attached hydrogens (tertiary/aromatic N) is 1. The van der Waals surface area contributed by atoms with E-state index in [1.54, 1.807) is 0 Å². The van der Waals surface area contributed by atoms with Crippen LogP contribution in [0.2, 0.25) is 0 Å². The first kappa shape index (κ1) is 18.2. The highest BCUT2D eigenvalue weighted by molar-refractivity contribution is 5.88. The molecule has 0 spiro atoms. The van der Waals surface area contributed by atoms with E-state index in [9.17, 15) is 0 Å². The molecule has 1 heteroatoms. The van der Waals surface area contributed by atoms with Crippen LogP contribution in [-0.4, -0.2) is 4.57 Å². The highest BCUT2D eigenvalue weighted by Gasteiger charge is 2.09. The van der Waals surface area contributed by atoms with E-state index in [4.69, 9.17) is 0 Å². The van der Waals surface area contributed by atoms with Crippen LogP contribution in [-0.2, 0) is 0 Å². The van der Waals surface area contributed by atoms with Gasteiger partial charge in [-0.05, 0) is 59.2 Å². The van der Waals surface area contributed by atoms with Gasteiger partial charge in [-0.3, -0.25) is 0 Å². The molecule has 1 heterocycles. The molecule has 0 aliphatic rings. The zero-order chi connectivity index (χ0) is 20.5. The summed E-state index contributed by atoms with van der Waals surface area (Å²) >= 11 is 0. The number of hydrogen-bond donors (Lipinski definition) is 0. The number of allylic oxidation sites excluding steroid dienone is 1. The van der Waals surface area contributed by atoms with Crippen molar-refractivity contribution in [1.29, 1.82) is 0 Å². The van der Waals surface area contributed by atoms with Crippen molar-refractivity contribution >= 4 is 33.8 Å². The minimum atomic E-state index is 1.15. The fraction of sp³-hybridized carbons (Fsp3) is 0.0345. The lowest BCUT2D eigenvalue weighted by Crippen LogP contribution is -2.27. The van der Waals surface area contributed by atoms with Crippen molar-refractivity contribution in [2.75, 3.05) is 0 Å². The van der Waals surface area contributed by atoms with Crippen molar-refractivity contribution in [3.05, 3.63) is 114 Å². The molecular weight excluding hydrogens is 362 g/mol. The quantitative estimate of drug-likeness (QED) is 0.347. The average Bonchev–Trinajstić information content (AvgIpc) is 3.12. The topological polar surface area (TPSA) is 4.93 Å². The lowest BCUT2D eigenvalue weighted by molar-refractivity contribution is 1.07. The van der Waals surface area contributed by atoms with Crippen LogP contribution in [0.25, 0.3) is 50.6 Å². The maximum Gasteiger partial charge on any atom is 0.0540 e. The summed E-state index contributed by atoms with van der Waals surface area (Å²) in [5.41, 5.74) is 4.81. The second-order valence-corrected chi connectivity index (χ2v) is 7.45. The number of rotatable bonds is 3. The van der Waals surface area contributed by atoms with Gasteiger partial charge in [0.25, 0.3) is 0 Å². The molecule has 0 fully saturated rings. The van der Waals surface area contributed by atoms with Gasteiger partial charge in [-0.15, -0.1) is 0 Å². The Morgan fingerprint density at radius 1 is 0.733 bits per heavy atom. The van der Waals surface area contributed by atoms with E-state index in [2.05, 4.69) is 121 Å². The third-order valence-electron chi connectivity index (χ3n) is 5.72. The first-order valence-electron chi connectivity index (χ1n) is 10.3. The molecule has 30 heavy (non-hydrogen) atoms. The standard InChI is InChI=1S/C29H23N/c1-3-9-28-26(4-2)27-12-7-8-13-29(27)30(28)25-18-16-22(17-19-25)24-15-14-21-10-5-6-11-23(21)20-24/h3-20H,1H2,2H3/b26-4-,28-9+. The number of benzene rings is 4. The molecule has 0 saturated heterocycles. The van der Waals surface area contributed by atoms with Crippen LogP contribution < -0.4 is 10.6 Å². The Kier molecular flexibility index (Phi) is 4.57. The lowest BCUT2D eigenvalue weighted by Gasteiger charge is -2.09. The van der Waals surface area contributed by atoms with Crippen molar-refractivity contribution in [2.45, 2.75) is 6.92 Å². The average molecular weight is 386 g/mol. The highest BCUT2D eigenvalue weighted by atomic mass is 15.0. The Balaban J connectivity index is 1.68. The van der Waals surface area contributed by atoms with Gasteiger partial charge in [0.2, 0.25) is 0 Å². The minimum absolute atomic E-state index is 1.15. The van der Waals surface area contributed by atoms with E-state index in [-0.39, 0.29) is 0 Å². The molecule has 0 radical (unpaired) electrons. The minimum Gasteiger partial charge on any atom is -0.309 e. The van der Waals surface area contributed by atoms with E-state index >= 15 is 0 Å². The van der Waals surface area contributed by atoms with Gasteiger partial charge in [-0.1, -0.05) is 85.5 Å². The van der Waals surface area contributed by atoms with E-state index in [1.165, 1.54) is 38.0 Å². The van der Waals surface area contributed by atoms with Crippen LogP contribution in [0.15, 0.2) is 104 Å². The Morgan fingerprint density at radius 3 is 2.20 bits per heavy atom. The van der Waals surface area contributed by atoms with Crippen LogP contribution in [0.4, 0.5) is 0 Å². The molecular formula is C29H23N. The second-order valence-electron chi connectivity index (χ2n) is 7.45. The number of hydrogen-bond acceptors (Lipinski definition) is 0. The van der Waals surface area contributed by atoms with Crippen LogP contribution in [0.5, 0.6) is 0 Å². The van der Waals surface area contributed by atoms with E-state index < -0.39 is 0 Å². The van der Waals surface area contributed by atoms with E-state index in [1.807, 2.05) is 6.08 Å². The molecule has 0 bridgehead atoms. The van der Waals surface area contributed by atoms with Gasteiger partial charge < -0.3 is 4.57 Å². The monoisotopic (exact) mass is 385 g/mol. The van der Waals surface area contributed by atoms with E-state index in [0.717, 1.165) is 11.0 Å². The third kappa shape index (κ3) is 2.96. The SMILES string of the molecule is C=C/C=c1\c(=C/C)c2ccccc2n1-c1ccc(-c2ccc3ccccc3c2)cc1. The Bertz CT molecular complexity index is 1500. The van der Waals surface area contributed by atoms with Crippen molar-refractivity contribution in [3.8, 4) is 16.8 Å². The molecule has 0 aliphatic carbocycles. The molecule has 4 aromatic carbocycles. The number of aromatic nitrogens is 1. The van der Waals surface area contributed by atoms with Gasteiger partial charge in [0.1, 0.15) is 0 Å². The Labute approximate surface area is 176 Å². The first-order chi connectivity index (χ1) is 14.8. The first-order valence-corrected chi connectivity index (χ1v) is 10.3. The van der Waals surface area contributed by atoms with Crippen LogP contribution in [0, 0.1) is 0 Å². The zero-order valence-electron chi connectivity index (χ0n) is 17.0. The van der Waals surface area contributed by atoms with Gasteiger partial charge in [0.15, 0.2) is 0 Å². The predicted octanol–water partition coefficient (Wildman–Crippen LogP) is 6.22. The molecule has 5 aromatic rings. The van der Waals surface area contributed by atoms with Crippen LogP contribution in [0.1, 0.15) is 6.92 Å². The molecule has 0 saturated carbocycles. The third-order valence-corrected chi connectivity index (χ3v) is 5.72. The summed E-state index contributed by atoms with van der Waals surface area (Å²) in [4.78, 5) is 0. The fourth-order valence-electron chi connectivity index (χ4n) is 4.31. The summed E-state index contributed by atoms with van der Waals surface area (Å²) in [6, 6.07) is 32.5. The summed E-state index contributed by atoms with van der Waals surface area (Å²) in [5, 5.41) is 6.19.